The quantitative estimate of drug-likeness (QED) is 0.850. The third-order valence-electron chi connectivity index (χ3n) is 6.96. The molecule has 26 heavy (non-hydrogen) atoms. The second-order valence-corrected chi connectivity index (χ2v) is 9.03. The molecule has 4 bridgehead atoms. The zero-order valence-corrected chi connectivity index (χ0v) is 15.9. The standard InChI is InChI=1S/C22H30N2O2/c1-14-5-3-4-6-19(14)15(2)24-20(25)13-23-21(26)22-10-16-7-17(11-22)9-18(8-16)12-22/h3-6,15-18H,7-13H2,1-2H3,(H,23,26)(H,24,25). The average molecular weight is 354 g/mol. The summed E-state index contributed by atoms with van der Waals surface area (Å²) in [4.78, 5) is 25.3. The molecule has 140 valence electrons. The first kappa shape index (κ1) is 17.6. The molecule has 1 atom stereocenters. The first-order chi connectivity index (χ1) is 12.4. The Labute approximate surface area is 156 Å². The Morgan fingerprint density at radius 2 is 1.65 bits per heavy atom. The van der Waals surface area contributed by atoms with Crippen LogP contribution >= 0.6 is 0 Å². The summed E-state index contributed by atoms with van der Waals surface area (Å²) >= 11 is 0. The van der Waals surface area contributed by atoms with Gasteiger partial charge < -0.3 is 10.6 Å². The van der Waals surface area contributed by atoms with Crippen LogP contribution in [-0.2, 0) is 9.59 Å². The van der Waals surface area contributed by atoms with Crippen LogP contribution in [0.1, 0.15) is 62.6 Å². The lowest BCUT2D eigenvalue weighted by molar-refractivity contribution is -0.147. The molecule has 0 aliphatic heterocycles. The van der Waals surface area contributed by atoms with Crippen molar-refractivity contribution in [1.29, 1.82) is 0 Å². The molecular formula is C22H30N2O2. The van der Waals surface area contributed by atoms with Crippen LogP contribution in [0.3, 0.4) is 0 Å². The fraction of sp³-hybridized carbons (Fsp3) is 0.636. The summed E-state index contributed by atoms with van der Waals surface area (Å²) in [5.74, 6) is 2.22. The molecule has 2 amide bonds. The monoisotopic (exact) mass is 354 g/mol. The normalized spacial score (nSPS) is 32.9. The molecule has 5 rings (SSSR count). The summed E-state index contributed by atoms with van der Waals surface area (Å²) in [7, 11) is 0. The van der Waals surface area contributed by atoms with Gasteiger partial charge in [-0.15, -0.1) is 0 Å². The molecule has 4 aliphatic rings. The van der Waals surface area contributed by atoms with Gasteiger partial charge in [0.05, 0.1) is 12.6 Å². The molecule has 1 aromatic rings. The topological polar surface area (TPSA) is 58.2 Å². The van der Waals surface area contributed by atoms with E-state index in [1.165, 1.54) is 19.3 Å². The Hall–Kier alpha value is -1.84. The average Bonchev–Trinajstić information content (AvgIpc) is 2.58. The maximum atomic E-state index is 12.9. The minimum atomic E-state index is -0.184. The van der Waals surface area contributed by atoms with Crippen LogP contribution in [-0.4, -0.2) is 18.4 Å². The van der Waals surface area contributed by atoms with Crippen molar-refractivity contribution in [2.45, 2.75) is 58.4 Å². The summed E-state index contributed by atoms with van der Waals surface area (Å²) in [6, 6.07) is 8.01. The van der Waals surface area contributed by atoms with Gasteiger partial charge in [-0.1, -0.05) is 24.3 Å². The first-order valence-electron chi connectivity index (χ1n) is 10.1. The van der Waals surface area contributed by atoms with Gasteiger partial charge in [0.25, 0.3) is 0 Å². The Kier molecular flexibility index (Phi) is 4.54. The fourth-order valence-electron chi connectivity index (χ4n) is 6.18. The number of amides is 2. The smallest absolute Gasteiger partial charge is 0.239 e. The molecule has 1 unspecified atom stereocenters. The SMILES string of the molecule is Cc1ccccc1C(C)NC(=O)CNC(=O)C12CC3CC(CC(C3)C1)C2. The van der Waals surface area contributed by atoms with Gasteiger partial charge in [0.15, 0.2) is 0 Å². The van der Waals surface area contributed by atoms with Gasteiger partial charge in [0.2, 0.25) is 11.8 Å². The zero-order chi connectivity index (χ0) is 18.3. The summed E-state index contributed by atoms with van der Waals surface area (Å²) in [5, 5.41) is 5.97. The molecule has 0 spiro atoms. The highest BCUT2D eigenvalue weighted by atomic mass is 16.2. The highest BCUT2D eigenvalue weighted by molar-refractivity contribution is 5.88. The van der Waals surface area contributed by atoms with Gasteiger partial charge in [-0.25, -0.2) is 0 Å². The van der Waals surface area contributed by atoms with Crippen LogP contribution in [0.5, 0.6) is 0 Å². The van der Waals surface area contributed by atoms with Crippen molar-refractivity contribution in [3.63, 3.8) is 0 Å². The lowest BCUT2D eigenvalue weighted by atomic mass is 9.49. The van der Waals surface area contributed by atoms with Crippen molar-refractivity contribution in [2.75, 3.05) is 6.54 Å². The Morgan fingerprint density at radius 3 is 2.23 bits per heavy atom. The molecule has 1 aromatic carbocycles. The van der Waals surface area contributed by atoms with E-state index in [9.17, 15) is 9.59 Å². The third-order valence-corrected chi connectivity index (χ3v) is 6.96. The van der Waals surface area contributed by atoms with Crippen molar-refractivity contribution in [3.05, 3.63) is 35.4 Å². The number of hydrogen-bond donors (Lipinski definition) is 2. The van der Waals surface area contributed by atoms with Crippen LogP contribution in [0, 0.1) is 30.1 Å². The Bertz CT molecular complexity index is 677. The van der Waals surface area contributed by atoms with Crippen molar-refractivity contribution < 1.29 is 9.59 Å². The lowest BCUT2D eigenvalue weighted by Crippen LogP contribution is -2.54. The summed E-state index contributed by atoms with van der Waals surface area (Å²) in [6.45, 7) is 4.12. The Balaban J connectivity index is 1.32. The number of aryl methyl sites for hydroxylation is 1. The van der Waals surface area contributed by atoms with E-state index in [0.717, 1.165) is 48.1 Å². The van der Waals surface area contributed by atoms with Gasteiger partial charge >= 0.3 is 0 Å². The number of carbonyl (C=O) groups is 2. The molecule has 4 aliphatic carbocycles. The van der Waals surface area contributed by atoms with Crippen LogP contribution in [0.15, 0.2) is 24.3 Å². The van der Waals surface area contributed by atoms with Gasteiger partial charge in [-0.3, -0.25) is 9.59 Å². The van der Waals surface area contributed by atoms with E-state index in [1.807, 2.05) is 38.1 Å². The van der Waals surface area contributed by atoms with Crippen molar-refractivity contribution in [1.82, 2.24) is 10.6 Å². The van der Waals surface area contributed by atoms with Gasteiger partial charge in [-0.05, 0) is 81.3 Å². The van der Waals surface area contributed by atoms with E-state index in [2.05, 4.69) is 10.6 Å². The summed E-state index contributed by atoms with van der Waals surface area (Å²) in [6.07, 6.45) is 7.06. The summed E-state index contributed by atoms with van der Waals surface area (Å²) in [5.41, 5.74) is 2.10. The van der Waals surface area contributed by atoms with E-state index >= 15 is 0 Å². The van der Waals surface area contributed by atoms with Crippen LogP contribution in [0.25, 0.3) is 0 Å². The molecular weight excluding hydrogens is 324 g/mol. The van der Waals surface area contributed by atoms with Crippen LogP contribution in [0.4, 0.5) is 0 Å². The lowest BCUT2D eigenvalue weighted by Gasteiger charge is -2.55. The molecule has 4 fully saturated rings. The minimum Gasteiger partial charge on any atom is -0.348 e. The van der Waals surface area contributed by atoms with E-state index < -0.39 is 0 Å². The third kappa shape index (κ3) is 3.26. The molecule has 4 heteroatoms. The van der Waals surface area contributed by atoms with Crippen molar-refractivity contribution in [2.24, 2.45) is 23.2 Å². The van der Waals surface area contributed by atoms with Crippen molar-refractivity contribution >= 4 is 11.8 Å². The molecule has 2 N–H and O–H groups in total. The number of nitrogens with one attached hydrogen (secondary N) is 2. The molecule has 0 heterocycles. The molecule has 4 saturated carbocycles. The van der Waals surface area contributed by atoms with Gasteiger partial charge in [-0.2, -0.15) is 0 Å². The van der Waals surface area contributed by atoms with E-state index in [-0.39, 0.29) is 29.8 Å². The van der Waals surface area contributed by atoms with E-state index in [1.54, 1.807) is 0 Å². The van der Waals surface area contributed by atoms with Crippen molar-refractivity contribution in [3.8, 4) is 0 Å². The highest BCUT2D eigenvalue weighted by Crippen LogP contribution is 2.60. The number of benzene rings is 1. The molecule has 0 aromatic heterocycles. The second-order valence-electron chi connectivity index (χ2n) is 9.03. The fourth-order valence-corrected chi connectivity index (χ4v) is 6.18. The van der Waals surface area contributed by atoms with Crippen LogP contribution in [0.2, 0.25) is 0 Å². The zero-order valence-electron chi connectivity index (χ0n) is 15.9. The predicted molar refractivity (Wildman–Crippen MR) is 101 cm³/mol. The Morgan fingerprint density at radius 1 is 1.08 bits per heavy atom. The molecule has 0 radical (unpaired) electrons. The maximum absolute atomic E-state index is 12.9. The highest BCUT2D eigenvalue weighted by Gasteiger charge is 2.54. The number of carbonyl (C=O) groups excluding carboxylic acids is 2. The van der Waals surface area contributed by atoms with Gasteiger partial charge in [0.1, 0.15) is 0 Å². The van der Waals surface area contributed by atoms with Crippen LogP contribution < -0.4 is 10.6 Å². The number of hydrogen-bond acceptors (Lipinski definition) is 2. The van der Waals surface area contributed by atoms with E-state index in [0.29, 0.717) is 0 Å². The predicted octanol–water partition coefficient (Wildman–Crippen LogP) is 3.50. The molecule has 4 nitrogen and oxygen atoms in total. The largest absolute Gasteiger partial charge is 0.348 e. The second kappa shape index (κ2) is 6.71. The summed E-state index contributed by atoms with van der Waals surface area (Å²) < 4.78 is 0. The van der Waals surface area contributed by atoms with Gasteiger partial charge in [0, 0.05) is 5.41 Å². The van der Waals surface area contributed by atoms with E-state index in [4.69, 9.17) is 0 Å². The maximum Gasteiger partial charge on any atom is 0.239 e. The number of rotatable bonds is 5. The first-order valence-corrected chi connectivity index (χ1v) is 10.1. The molecule has 0 saturated heterocycles. The minimum absolute atomic E-state index is 0.0554.